The average Bonchev–Trinajstić information content (AvgIpc) is 3.15. The minimum absolute atomic E-state index is 0.000860. The minimum atomic E-state index is -3.91. The minimum Gasteiger partial charge on any atom is -0.455 e. The summed E-state index contributed by atoms with van der Waals surface area (Å²) in [4.78, 5) is 16.8. The van der Waals surface area contributed by atoms with Crippen molar-refractivity contribution in [2.75, 3.05) is 26.3 Å². The number of imidazole rings is 1. The third-order valence-corrected chi connectivity index (χ3v) is 7.27. The summed E-state index contributed by atoms with van der Waals surface area (Å²) in [6.45, 7) is 0.894. The molecule has 0 amide bonds. The van der Waals surface area contributed by atoms with Crippen molar-refractivity contribution in [2.24, 2.45) is 0 Å². The number of hydrogen-bond acceptors (Lipinski definition) is 6. The molecule has 2 aromatic heterocycles. The van der Waals surface area contributed by atoms with Crippen LogP contribution in [0.3, 0.4) is 0 Å². The molecule has 0 saturated carbocycles. The number of aromatic nitrogens is 2. The Morgan fingerprint density at radius 3 is 2.67 bits per heavy atom. The summed E-state index contributed by atoms with van der Waals surface area (Å²) < 4.78 is 39.5. The van der Waals surface area contributed by atoms with Crippen molar-refractivity contribution in [3.05, 3.63) is 64.0 Å². The summed E-state index contributed by atoms with van der Waals surface area (Å²) in [5.41, 5.74) is 1.17. The highest BCUT2D eigenvalue weighted by Gasteiger charge is 2.30. The maximum Gasteiger partial charge on any atom is 0.340 e. The quantitative estimate of drug-likeness (QED) is 0.533. The van der Waals surface area contributed by atoms with E-state index in [0.29, 0.717) is 24.6 Å². The van der Waals surface area contributed by atoms with Crippen molar-refractivity contribution in [3.8, 4) is 0 Å². The van der Waals surface area contributed by atoms with E-state index in [1.165, 1.54) is 10.4 Å². The van der Waals surface area contributed by atoms with Gasteiger partial charge in [-0.25, -0.2) is 18.2 Å². The summed E-state index contributed by atoms with van der Waals surface area (Å²) in [6, 6.07) is 7.92. The zero-order chi connectivity index (χ0) is 21.3. The largest absolute Gasteiger partial charge is 0.455 e. The molecule has 1 aliphatic heterocycles. The molecule has 0 atom stereocenters. The number of rotatable bonds is 5. The summed E-state index contributed by atoms with van der Waals surface area (Å²) in [7, 11) is -3.91. The maximum atomic E-state index is 13.0. The highest BCUT2D eigenvalue weighted by Crippen LogP contribution is 2.31. The molecule has 0 N–H and O–H groups in total. The number of ether oxygens (including phenoxy) is 2. The van der Waals surface area contributed by atoms with E-state index in [1.807, 2.05) is 24.4 Å². The van der Waals surface area contributed by atoms with E-state index in [9.17, 15) is 13.2 Å². The van der Waals surface area contributed by atoms with E-state index in [4.69, 9.17) is 32.7 Å². The van der Waals surface area contributed by atoms with Gasteiger partial charge in [-0.1, -0.05) is 29.3 Å². The molecule has 1 aliphatic rings. The summed E-state index contributed by atoms with van der Waals surface area (Å²) in [5, 5.41) is -0.0654. The van der Waals surface area contributed by atoms with Crippen LogP contribution in [0.1, 0.15) is 16.1 Å². The first-order valence-corrected chi connectivity index (χ1v) is 11.2. The van der Waals surface area contributed by atoms with Gasteiger partial charge in [0.1, 0.15) is 17.1 Å². The van der Waals surface area contributed by atoms with E-state index in [-0.39, 0.29) is 40.2 Å². The highest BCUT2D eigenvalue weighted by molar-refractivity contribution is 7.89. The monoisotopic (exact) mass is 469 g/mol. The molecule has 0 spiro atoms. The first kappa shape index (κ1) is 21.1. The third-order valence-electron chi connectivity index (χ3n) is 4.59. The van der Waals surface area contributed by atoms with E-state index in [2.05, 4.69) is 4.98 Å². The van der Waals surface area contributed by atoms with Crippen molar-refractivity contribution >= 4 is 44.8 Å². The molecule has 4 rings (SSSR count). The molecule has 1 fully saturated rings. The van der Waals surface area contributed by atoms with Crippen LogP contribution in [0.15, 0.2) is 47.6 Å². The van der Waals surface area contributed by atoms with Crippen LogP contribution in [0, 0.1) is 0 Å². The van der Waals surface area contributed by atoms with Gasteiger partial charge in [-0.3, -0.25) is 0 Å². The number of morpholine rings is 1. The lowest BCUT2D eigenvalue weighted by Crippen LogP contribution is -2.40. The first-order chi connectivity index (χ1) is 14.4. The smallest absolute Gasteiger partial charge is 0.340 e. The second-order valence-electron chi connectivity index (χ2n) is 6.55. The zero-order valence-corrected chi connectivity index (χ0v) is 18.0. The Labute approximate surface area is 183 Å². The molecule has 1 saturated heterocycles. The lowest BCUT2D eigenvalue weighted by molar-refractivity contribution is 0.0468. The molecule has 8 nitrogen and oxygen atoms in total. The van der Waals surface area contributed by atoms with Gasteiger partial charge < -0.3 is 13.9 Å². The van der Waals surface area contributed by atoms with Crippen LogP contribution < -0.4 is 0 Å². The van der Waals surface area contributed by atoms with Gasteiger partial charge in [-0.05, 0) is 24.3 Å². The van der Waals surface area contributed by atoms with Crippen LogP contribution in [0.5, 0.6) is 0 Å². The zero-order valence-electron chi connectivity index (χ0n) is 15.6. The number of nitrogens with zero attached hydrogens (tertiary/aromatic N) is 3. The van der Waals surface area contributed by atoms with Crippen LogP contribution in [-0.4, -0.2) is 54.4 Å². The SMILES string of the molecule is O=C(OCc1cn2ccccc2n1)c1cc(S(=O)(=O)N2CCOCC2)c(Cl)cc1Cl. The second-order valence-corrected chi connectivity index (χ2v) is 9.27. The number of pyridine rings is 1. The number of carbonyl (C=O) groups excluding carboxylic acids is 1. The fraction of sp³-hybridized carbons (Fsp3) is 0.263. The Morgan fingerprint density at radius 1 is 1.17 bits per heavy atom. The van der Waals surface area contributed by atoms with Gasteiger partial charge in [0.05, 0.1) is 34.5 Å². The summed E-state index contributed by atoms with van der Waals surface area (Å²) in [6.07, 6.45) is 3.56. The molecule has 11 heteroatoms. The van der Waals surface area contributed by atoms with E-state index in [1.54, 1.807) is 10.6 Å². The van der Waals surface area contributed by atoms with Crippen molar-refractivity contribution in [1.29, 1.82) is 0 Å². The molecule has 30 heavy (non-hydrogen) atoms. The fourth-order valence-corrected chi connectivity index (χ4v) is 5.32. The topological polar surface area (TPSA) is 90.2 Å². The Hall–Kier alpha value is -2.17. The van der Waals surface area contributed by atoms with Gasteiger partial charge in [-0.2, -0.15) is 4.31 Å². The average molecular weight is 470 g/mol. The Morgan fingerprint density at radius 2 is 1.93 bits per heavy atom. The van der Waals surface area contributed by atoms with Crippen molar-refractivity contribution in [3.63, 3.8) is 0 Å². The van der Waals surface area contributed by atoms with Crippen LogP contribution in [0.2, 0.25) is 10.0 Å². The molecular formula is C19H17Cl2N3O5S. The summed E-state index contributed by atoms with van der Waals surface area (Å²) in [5.74, 6) is -0.771. The van der Waals surface area contributed by atoms with Gasteiger partial charge in [-0.15, -0.1) is 0 Å². The Kier molecular flexibility index (Phi) is 5.99. The molecule has 3 aromatic rings. The number of halogens is 2. The van der Waals surface area contributed by atoms with E-state index >= 15 is 0 Å². The number of benzene rings is 1. The molecule has 3 heterocycles. The van der Waals surface area contributed by atoms with Crippen LogP contribution in [0.25, 0.3) is 5.65 Å². The van der Waals surface area contributed by atoms with Crippen molar-refractivity contribution in [1.82, 2.24) is 13.7 Å². The lowest BCUT2D eigenvalue weighted by atomic mass is 10.2. The summed E-state index contributed by atoms with van der Waals surface area (Å²) >= 11 is 12.3. The van der Waals surface area contributed by atoms with E-state index < -0.39 is 16.0 Å². The Bertz CT molecular complexity index is 1170. The molecule has 0 radical (unpaired) electrons. The molecular weight excluding hydrogens is 453 g/mol. The van der Waals surface area contributed by atoms with Crippen molar-refractivity contribution in [2.45, 2.75) is 11.5 Å². The highest BCUT2D eigenvalue weighted by atomic mass is 35.5. The predicted molar refractivity (Wildman–Crippen MR) is 110 cm³/mol. The van der Waals surface area contributed by atoms with Crippen LogP contribution in [-0.2, 0) is 26.1 Å². The third kappa shape index (κ3) is 4.17. The van der Waals surface area contributed by atoms with E-state index in [0.717, 1.165) is 6.07 Å². The Balaban J connectivity index is 1.57. The van der Waals surface area contributed by atoms with Crippen LogP contribution in [0.4, 0.5) is 0 Å². The normalized spacial score (nSPS) is 15.4. The second kappa shape index (κ2) is 8.52. The number of esters is 1. The first-order valence-electron chi connectivity index (χ1n) is 9.03. The lowest BCUT2D eigenvalue weighted by Gasteiger charge is -2.26. The number of carbonyl (C=O) groups is 1. The predicted octanol–water partition coefficient (Wildman–Crippen LogP) is 3.02. The van der Waals surface area contributed by atoms with Gasteiger partial charge in [0.2, 0.25) is 10.0 Å². The molecule has 1 aromatic carbocycles. The van der Waals surface area contributed by atoms with Gasteiger partial charge >= 0.3 is 5.97 Å². The molecule has 158 valence electrons. The maximum absolute atomic E-state index is 13.0. The fourth-order valence-electron chi connectivity index (χ4n) is 3.08. The number of hydrogen-bond donors (Lipinski definition) is 0. The van der Waals surface area contributed by atoms with Crippen molar-refractivity contribution < 1.29 is 22.7 Å². The van der Waals surface area contributed by atoms with Crippen LogP contribution >= 0.6 is 23.2 Å². The van der Waals surface area contributed by atoms with Gasteiger partial charge in [0.25, 0.3) is 0 Å². The molecule has 0 unspecified atom stereocenters. The van der Waals surface area contributed by atoms with Gasteiger partial charge in [0.15, 0.2) is 0 Å². The molecule has 0 bridgehead atoms. The van der Waals surface area contributed by atoms with Gasteiger partial charge in [0, 0.05) is 25.5 Å². The number of fused-ring (bicyclic) bond motifs is 1. The molecule has 0 aliphatic carbocycles. The number of sulfonamides is 1. The standard InChI is InChI=1S/C19H17Cl2N3O5S/c20-15-10-16(21)17(30(26,27)24-5-7-28-8-6-24)9-14(15)19(25)29-12-13-11-23-4-2-1-3-18(23)22-13/h1-4,9-11H,5-8,12H2.